The van der Waals surface area contributed by atoms with Gasteiger partial charge in [0.25, 0.3) is 0 Å². The van der Waals surface area contributed by atoms with Gasteiger partial charge >= 0.3 is 0 Å². The van der Waals surface area contributed by atoms with Crippen LogP contribution in [0.5, 0.6) is 0 Å². The fraction of sp³-hybridized carbons (Fsp3) is 0.750. The van der Waals surface area contributed by atoms with Crippen LogP contribution in [-0.2, 0) is 0 Å². The molecular weight excluding hydrogens is 62.1 g/mol. The molecule has 0 saturated carbocycles. The first-order chi connectivity index (χ1) is 2.39. The predicted molar refractivity (Wildman–Crippen MR) is 21.8 cm³/mol. The fourth-order valence-electron chi connectivity index (χ4n) is 0.354. The minimum Gasteiger partial charge on any atom is -0.314 e. The third-order valence-corrected chi connectivity index (χ3v) is 0.911. The lowest BCUT2D eigenvalue weighted by atomic mass is 10.1. The molecule has 1 aliphatic rings. The van der Waals surface area contributed by atoms with Crippen molar-refractivity contribution < 1.29 is 0 Å². The average molecular weight is 70.1 g/mol. The Labute approximate surface area is 32.4 Å². The van der Waals surface area contributed by atoms with Gasteiger partial charge in [0.05, 0.1) is 0 Å². The van der Waals surface area contributed by atoms with Gasteiger partial charge in [0.1, 0.15) is 0 Å². The first-order valence-electron chi connectivity index (χ1n) is 1.96. The van der Waals surface area contributed by atoms with Gasteiger partial charge in [-0.25, -0.2) is 0 Å². The van der Waals surface area contributed by atoms with E-state index in [9.17, 15) is 0 Å². The summed E-state index contributed by atoms with van der Waals surface area (Å²) < 4.78 is 0. The van der Waals surface area contributed by atoms with E-state index in [4.69, 9.17) is 0 Å². The number of hydrogen-bond donors (Lipinski definition) is 1. The van der Waals surface area contributed by atoms with E-state index in [2.05, 4.69) is 18.7 Å². The molecule has 0 bridgehead atoms. The summed E-state index contributed by atoms with van der Waals surface area (Å²) in [5.41, 5.74) is 0. The zero-order valence-electron chi connectivity index (χ0n) is 3.36. The Kier molecular flexibility index (Phi) is 0.618. The van der Waals surface area contributed by atoms with Crippen molar-refractivity contribution >= 4 is 0 Å². The number of rotatable bonds is 0. The normalized spacial score (nSPS) is 36.6. The molecule has 1 nitrogen and oxygen atoms in total. The third-order valence-electron chi connectivity index (χ3n) is 0.911. The lowest BCUT2D eigenvalue weighted by Crippen LogP contribution is -2.40. The topological polar surface area (TPSA) is 12.0 Å². The SMILES string of the molecule is CC1[CH]CN1. The van der Waals surface area contributed by atoms with Crippen molar-refractivity contribution in [2.24, 2.45) is 0 Å². The Morgan fingerprint density at radius 3 is 2.40 bits per heavy atom. The van der Waals surface area contributed by atoms with Crippen LogP contribution in [0.25, 0.3) is 0 Å². The predicted octanol–water partition coefficient (Wildman–Crippen LogP) is 0.182. The molecule has 1 fully saturated rings. The van der Waals surface area contributed by atoms with Crippen molar-refractivity contribution in [2.75, 3.05) is 6.54 Å². The van der Waals surface area contributed by atoms with Crippen LogP contribution in [0, 0.1) is 6.42 Å². The van der Waals surface area contributed by atoms with Crippen LogP contribution in [-0.4, -0.2) is 12.6 Å². The second-order valence-corrected chi connectivity index (χ2v) is 1.43. The van der Waals surface area contributed by atoms with Crippen LogP contribution in [0.2, 0.25) is 0 Å². The molecule has 0 aromatic carbocycles. The first-order valence-corrected chi connectivity index (χ1v) is 1.96. The quantitative estimate of drug-likeness (QED) is 0.429. The Hall–Kier alpha value is -0.0400. The van der Waals surface area contributed by atoms with Crippen molar-refractivity contribution in [3.05, 3.63) is 6.42 Å². The highest BCUT2D eigenvalue weighted by molar-refractivity contribution is 4.91. The molecule has 0 spiro atoms. The van der Waals surface area contributed by atoms with E-state index in [1.807, 2.05) is 0 Å². The molecule has 0 aromatic heterocycles. The summed E-state index contributed by atoms with van der Waals surface area (Å²) >= 11 is 0. The summed E-state index contributed by atoms with van der Waals surface area (Å²) in [5.74, 6) is 0. The molecule has 0 aromatic rings. The van der Waals surface area contributed by atoms with Crippen molar-refractivity contribution in [3.63, 3.8) is 0 Å². The Bertz CT molecular complexity index is 30.6. The molecule has 0 amide bonds. The van der Waals surface area contributed by atoms with Gasteiger partial charge in [-0.3, -0.25) is 0 Å². The zero-order valence-corrected chi connectivity index (χ0v) is 3.36. The van der Waals surface area contributed by atoms with Gasteiger partial charge in [-0.1, -0.05) is 0 Å². The number of hydrogen-bond acceptors (Lipinski definition) is 1. The summed E-state index contributed by atoms with van der Waals surface area (Å²) in [4.78, 5) is 0. The van der Waals surface area contributed by atoms with Crippen LogP contribution >= 0.6 is 0 Å². The van der Waals surface area contributed by atoms with E-state index < -0.39 is 0 Å². The van der Waals surface area contributed by atoms with Crippen molar-refractivity contribution in [1.29, 1.82) is 0 Å². The molecule has 1 saturated heterocycles. The van der Waals surface area contributed by atoms with Crippen LogP contribution < -0.4 is 5.32 Å². The van der Waals surface area contributed by atoms with E-state index >= 15 is 0 Å². The second kappa shape index (κ2) is 0.977. The molecule has 1 N–H and O–H groups in total. The van der Waals surface area contributed by atoms with E-state index in [0.717, 1.165) is 6.54 Å². The van der Waals surface area contributed by atoms with Gasteiger partial charge in [0.15, 0.2) is 0 Å². The number of nitrogens with one attached hydrogen (secondary N) is 1. The summed E-state index contributed by atoms with van der Waals surface area (Å²) in [6.07, 6.45) is 2.24. The molecular formula is C4H8N. The third kappa shape index (κ3) is 0.428. The van der Waals surface area contributed by atoms with Crippen LogP contribution in [0.15, 0.2) is 0 Å². The van der Waals surface area contributed by atoms with E-state index in [0.29, 0.717) is 6.04 Å². The van der Waals surface area contributed by atoms with Gasteiger partial charge < -0.3 is 5.32 Å². The molecule has 29 valence electrons. The standard InChI is InChI=1S/C4H8N/c1-4-2-3-5-4/h2,4-5H,3H2,1H3. The molecule has 1 aliphatic heterocycles. The van der Waals surface area contributed by atoms with Crippen molar-refractivity contribution in [1.82, 2.24) is 5.32 Å². The van der Waals surface area contributed by atoms with Gasteiger partial charge in [-0.15, -0.1) is 0 Å². The molecule has 1 heterocycles. The van der Waals surface area contributed by atoms with Crippen LogP contribution in [0.4, 0.5) is 0 Å². The Balaban J connectivity index is 2.08. The molecule has 1 unspecified atom stereocenters. The lowest BCUT2D eigenvalue weighted by molar-refractivity contribution is 0.517. The van der Waals surface area contributed by atoms with Crippen molar-refractivity contribution in [3.8, 4) is 0 Å². The summed E-state index contributed by atoms with van der Waals surface area (Å²) in [5, 5.41) is 3.15. The van der Waals surface area contributed by atoms with Gasteiger partial charge in [-0.05, 0) is 13.3 Å². The first kappa shape index (κ1) is 3.16. The molecule has 1 radical (unpaired) electrons. The largest absolute Gasteiger partial charge is 0.314 e. The zero-order chi connectivity index (χ0) is 3.70. The molecule has 1 atom stereocenters. The minimum atomic E-state index is 0.690. The lowest BCUT2D eigenvalue weighted by Gasteiger charge is -2.21. The fourth-order valence-corrected chi connectivity index (χ4v) is 0.354. The smallest absolute Gasteiger partial charge is 0.00829 e. The maximum absolute atomic E-state index is 3.15. The summed E-state index contributed by atoms with van der Waals surface area (Å²) in [6, 6.07) is 0.690. The maximum atomic E-state index is 3.15. The summed E-state index contributed by atoms with van der Waals surface area (Å²) in [6.45, 7) is 3.25. The second-order valence-electron chi connectivity index (χ2n) is 1.43. The van der Waals surface area contributed by atoms with E-state index in [1.165, 1.54) is 0 Å². The Morgan fingerprint density at radius 1 is 2.00 bits per heavy atom. The van der Waals surface area contributed by atoms with Crippen LogP contribution in [0.3, 0.4) is 0 Å². The Morgan fingerprint density at radius 2 is 2.40 bits per heavy atom. The van der Waals surface area contributed by atoms with E-state index in [1.54, 1.807) is 0 Å². The minimum absolute atomic E-state index is 0.690. The highest BCUT2D eigenvalue weighted by Gasteiger charge is 2.07. The molecule has 5 heavy (non-hydrogen) atoms. The molecule has 0 aliphatic carbocycles. The molecule has 1 heteroatoms. The van der Waals surface area contributed by atoms with Crippen molar-refractivity contribution in [2.45, 2.75) is 13.0 Å². The van der Waals surface area contributed by atoms with Gasteiger partial charge in [0, 0.05) is 12.6 Å². The van der Waals surface area contributed by atoms with Gasteiger partial charge in [-0.2, -0.15) is 0 Å². The highest BCUT2D eigenvalue weighted by atomic mass is 15.0. The summed E-state index contributed by atoms with van der Waals surface area (Å²) in [7, 11) is 0. The van der Waals surface area contributed by atoms with E-state index in [-0.39, 0.29) is 0 Å². The molecule has 1 rings (SSSR count). The van der Waals surface area contributed by atoms with Gasteiger partial charge in [0.2, 0.25) is 0 Å². The average Bonchev–Trinajstić information content (AvgIpc) is 1.30. The maximum Gasteiger partial charge on any atom is 0.00829 e. The highest BCUT2D eigenvalue weighted by Crippen LogP contribution is 1.94. The monoisotopic (exact) mass is 70.1 g/mol. The van der Waals surface area contributed by atoms with Crippen LogP contribution in [0.1, 0.15) is 6.92 Å².